The van der Waals surface area contributed by atoms with Gasteiger partial charge in [-0.15, -0.1) is 0 Å². The molecule has 338 valence electrons. The molecule has 59 heavy (non-hydrogen) atoms. The molecule has 21 heteroatoms. The SMILES string of the molecule is CCC(C)C(NC(=O)CNC(=O)C(C)NC(=O)C(N)C(C)O)C(=O)NCC(=O)NC(C(=O)NC(CC(C)C)C(=O)NC(C(=O)NC(C(=O)O)C(C)C)C(C)O)C(C)CC. The van der Waals surface area contributed by atoms with Gasteiger partial charge in [0.1, 0.15) is 42.3 Å². The number of carbonyl (C=O) groups excluding carboxylic acids is 8. The second kappa shape index (κ2) is 26.3. The van der Waals surface area contributed by atoms with Crippen LogP contribution in [0.2, 0.25) is 0 Å². The quantitative estimate of drug-likeness (QED) is 0.0417. The number of nitrogens with one attached hydrogen (secondary N) is 8. The molecule has 0 bridgehead atoms. The molecule has 21 nitrogen and oxygen atoms in total. The first-order valence-electron chi connectivity index (χ1n) is 20.0. The lowest BCUT2D eigenvalue weighted by molar-refractivity contribution is -0.144. The summed E-state index contributed by atoms with van der Waals surface area (Å²) in [5.41, 5.74) is 5.57. The zero-order chi connectivity index (χ0) is 45.9. The Kier molecular flexibility index (Phi) is 24.1. The summed E-state index contributed by atoms with van der Waals surface area (Å²) in [7, 11) is 0. The van der Waals surface area contributed by atoms with Crippen molar-refractivity contribution in [1.82, 2.24) is 42.5 Å². The van der Waals surface area contributed by atoms with Gasteiger partial charge in [-0.25, -0.2) is 4.79 Å². The van der Waals surface area contributed by atoms with E-state index < -0.39 is 139 Å². The second-order valence-corrected chi connectivity index (χ2v) is 15.8. The van der Waals surface area contributed by atoms with Crippen LogP contribution >= 0.6 is 0 Å². The van der Waals surface area contributed by atoms with Crippen molar-refractivity contribution in [2.45, 2.75) is 150 Å². The molecule has 0 saturated heterocycles. The summed E-state index contributed by atoms with van der Waals surface area (Å²) in [4.78, 5) is 115. The van der Waals surface area contributed by atoms with Crippen LogP contribution in [0.4, 0.5) is 0 Å². The minimum atomic E-state index is -1.56. The molecular weight excluding hydrogens is 774 g/mol. The molecule has 11 atom stereocenters. The minimum absolute atomic E-state index is 0.0906. The molecule has 0 aromatic carbocycles. The molecule has 8 amide bonds. The maximum absolute atomic E-state index is 13.7. The van der Waals surface area contributed by atoms with Gasteiger partial charge in [-0.05, 0) is 50.9 Å². The monoisotopic (exact) mass is 844 g/mol. The molecule has 0 saturated carbocycles. The molecule has 0 heterocycles. The maximum Gasteiger partial charge on any atom is 0.326 e. The smallest absolute Gasteiger partial charge is 0.326 e. The number of hydrogen-bond acceptors (Lipinski definition) is 12. The number of aliphatic hydroxyl groups is 2. The van der Waals surface area contributed by atoms with Gasteiger partial charge in [0, 0.05) is 0 Å². The molecule has 0 aliphatic heterocycles. The molecule has 0 aliphatic carbocycles. The third-order valence-corrected chi connectivity index (χ3v) is 9.68. The van der Waals surface area contributed by atoms with Gasteiger partial charge in [0.25, 0.3) is 0 Å². The number of carbonyl (C=O) groups is 9. The van der Waals surface area contributed by atoms with Crippen LogP contribution in [0.25, 0.3) is 0 Å². The predicted octanol–water partition coefficient (Wildman–Crippen LogP) is -2.88. The highest BCUT2D eigenvalue weighted by Crippen LogP contribution is 2.12. The number of rotatable bonds is 26. The lowest BCUT2D eigenvalue weighted by atomic mass is 9.96. The van der Waals surface area contributed by atoms with Crippen LogP contribution in [0.5, 0.6) is 0 Å². The number of carboxylic acid groups (broad SMARTS) is 1. The van der Waals surface area contributed by atoms with E-state index >= 15 is 0 Å². The Balaban J connectivity index is 5.75. The Bertz CT molecular complexity index is 1460. The van der Waals surface area contributed by atoms with Crippen molar-refractivity contribution in [3.05, 3.63) is 0 Å². The first kappa shape index (κ1) is 54.1. The number of nitrogens with two attached hydrogens (primary N) is 1. The fourth-order valence-electron chi connectivity index (χ4n) is 5.42. The van der Waals surface area contributed by atoms with Gasteiger partial charge in [-0.3, -0.25) is 38.4 Å². The van der Waals surface area contributed by atoms with Gasteiger partial charge < -0.3 is 63.6 Å². The second-order valence-electron chi connectivity index (χ2n) is 15.8. The molecule has 0 aromatic rings. The topological polar surface area (TPSA) is 337 Å². The van der Waals surface area contributed by atoms with Crippen LogP contribution in [0.1, 0.15) is 95.4 Å². The predicted molar refractivity (Wildman–Crippen MR) is 215 cm³/mol. The van der Waals surface area contributed by atoms with E-state index in [1.807, 2.05) is 0 Å². The molecule has 0 radical (unpaired) electrons. The van der Waals surface area contributed by atoms with Crippen LogP contribution in [0.15, 0.2) is 0 Å². The number of aliphatic carboxylic acids is 1. The largest absolute Gasteiger partial charge is 0.480 e. The zero-order valence-corrected chi connectivity index (χ0v) is 36.1. The summed E-state index contributed by atoms with van der Waals surface area (Å²) >= 11 is 0. The van der Waals surface area contributed by atoms with Gasteiger partial charge in [0.15, 0.2) is 0 Å². The average molecular weight is 844 g/mol. The molecule has 0 fully saturated rings. The Morgan fingerprint density at radius 2 is 0.949 bits per heavy atom. The van der Waals surface area contributed by atoms with E-state index in [1.165, 1.54) is 20.8 Å². The van der Waals surface area contributed by atoms with Crippen molar-refractivity contribution in [1.29, 1.82) is 0 Å². The lowest BCUT2D eigenvalue weighted by Gasteiger charge is -2.29. The first-order chi connectivity index (χ1) is 27.3. The normalized spacial score (nSPS) is 16.9. The Morgan fingerprint density at radius 3 is 1.36 bits per heavy atom. The van der Waals surface area contributed by atoms with Crippen molar-refractivity contribution in [3.63, 3.8) is 0 Å². The first-order valence-corrected chi connectivity index (χ1v) is 20.0. The third-order valence-electron chi connectivity index (χ3n) is 9.68. The molecule has 0 aliphatic rings. The van der Waals surface area contributed by atoms with Crippen LogP contribution < -0.4 is 48.3 Å². The van der Waals surface area contributed by atoms with Crippen LogP contribution in [0, 0.1) is 23.7 Å². The van der Waals surface area contributed by atoms with E-state index in [1.54, 1.807) is 55.4 Å². The molecule has 11 unspecified atom stereocenters. The van der Waals surface area contributed by atoms with E-state index in [4.69, 9.17) is 5.73 Å². The average Bonchev–Trinajstić information content (AvgIpc) is 3.15. The number of aliphatic hydroxyl groups excluding tert-OH is 2. The molecular formula is C38H69N9O12. The Labute approximate surface area is 346 Å². The summed E-state index contributed by atoms with van der Waals surface area (Å²) in [6, 6.07) is -8.77. The highest BCUT2D eigenvalue weighted by atomic mass is 16.4. The van der Waals surface area contributed by atoms with Crippen molar-refractivity contribution in [2.24, 2.45) is 29.4 Å². The van der Waals surface area contributed by atoms with Gasteiger partial charge in [-0.1, -0.05) is 68.2 Å². The van der Waals surface area contributed by atoms with Gasteiger partial charge in [0.2, 0.25) is 47.3 Å². The van der Waals surface area contributed by atoms with E-state index in [9.17, 15) is 58.5 Å². The lowest BCUT2D eigenvalue weighted by Crippen LogP contribution is -2.61. The van der Waals surface area contributed by atoms with E-state index in [0.29, 0.717) is 12.8 Å². The van der Waals surface area contributed by atoms with E-state index in [-0.39, 0.29) is 12.3 Å². The molecule has 13 N–H and O–H groups in total. The van der Waals surface area contributed by atoms with Crippen molar-refractivity contribution in [3.8, 4) is 0 Å². The van der Waals surface area contributed by atoms with Crippen molar-refractivity contribution < 1.29 is 58.5 Å². The van der Waals surface area contributed by atoms with Gasteiger partial charge in [-0.2, -0.15) is 0 Å². The fourth-order valence-corrected chi connectivity index (χ4v) is 5.42. The molecule has 0 aromatic heterocycles. The number of amides is 8. The number of hydrogen-bond donors (Lipinski definition) is 12. The van der Waals surface area contributed by atoms with Gasteiger partial charge >= 0.3 is 5.97 Å². The summed E-state index contributed by atoms with van der Waals surface area (Å²) in [6.45, 7) is 16.4. The van der Waals surface area contributed by atoms with Crippen LogP contribution in [-0.4, -0.2) is 136 Å². The standard InChI is InChI=1S/C38H69N9O12/c1-12-19(7)29(44-25(50)15-40-32(52)21(9)42-34(54)27(39)22(10)48)35(55)41-16-26(51)45-30(20(8)13-2)36(56)43-24(14-17(3)4)33(53)47-31(23(11)49)37(57)46-28(18(5)6)38(58)59/h17-24,27-31,48-49H,12-16,39H2,1-11H3,(H,40,52)(H,41,55)(H,42,54)(H,43,56)(H,44,50)(H,45,51)(H,46,57)(H,47,53)(H,58,59). The Hall–Kier alpha value is -4.89. The molecule has 0 spiro atoms. The zero-order valence-electron chi connectivity index (χ0n) is 36.1. The summed E-state index contributed by atoms with van der Waals surface area (Å²) in [5.74, 6) is -9.09. The minimum Gasteiger partial charge on any atom is -0.480 e. The fraction of sp³-hybridized carbons (Fsp3) is 0.763. The molecule has 0 rings (SSSR count). The summed E-state index contributed by atoms with van der Waals surface area (Å²) in [5, 5.41) is 48.9. The third kappa shape index (κ3) is 19.2. The summed E-state index contributed by atoms with van der Waals surface area (Å²) < 4.78 is 0. The maximum atomic E-state index is 13.7. The summed E-state index contributed by atoms with van der Waals surface area (Å²) in [6.07, 6.45) is -1.66. The van der Waals surface area contributed by atoms with Crippen LogP contribution in [-0.2, 0) is 43.2 Å². The highest BCUT2D eigenvalue weighted by molar-refractivity contribution is 5.97. The van der Waals surface area contributed by atoms with Gasteiger partial charge in [0.05, 0.1) is 25.3 Å². The Morgan fingerprint density at radius 1 is 0.508 bits per heavy atom. The number of carboxylic acids is 1. The van der Waals surface area contributed by atoms with Crippen molar-refractivity contribution in [2.75, 3.05) is 13.1 Å². The van der Waals surface area contributed by atoms with Crippen molar-refractivity contribution >= 4 is 53.2 Å². The highest BCUT2D eigenvalue weighted by Gasteiger charge is 2.35. The van der Waals surface area contributed by atoms with Crippen LogP contribution in [0.3, 0.4) is 0 Å². The van der Waals surface area contributed by atoms with E-state index in [2.05, 4.69) is 42.5 Å². The van der Waals surface area contributed by atoms with E-state index in [0.717, 1.165) is 0 Å².